The van der Waals surface area contributed by atoms with E-state index in [1.165, 1.54) is 6.92 Å². The van der Waals surface area contributed by atoms with Gasteiger partial charge in [0.1, 0.15) is 5.82 Å². The van der Waals surface area contributed by atoms with E-state index in [9.17, 15) is 27.2 Å². The van der Waals surface area contributed by atoms with Crippen LogP contribution in [0.15, 0.2) is 18.2 Å². The van der Waals surface area contributed by atoms with Crippen LogP contribution in [0.3, 0.4) is 0 Å². The smallest absolute Gasteiger partial charge is 0.416 e. The van der Waals surface area contributed by atoms with Gasteiger partial charge in [0.2, 0.25) is 5.78 Å². The fourth-order valence-corrected chi connectivity index (χ4v) is 1.34. The maximum absolute atomic E-state index is 13.3. The standard InChI is InChI=1S/C12H10F4O3/c1-2-19-11(18)10(17)6-7-5-8(12(14,15)16)3-4-9(7)13/h3-5H,2,6H2,1H3. The zero-order valence-electron chi connectivity index (χ0n) is 9.88. The Labute approximate surface area is 106 Å². The first-order valence-electron chi connectivity index (χ1n) is 5.31. The van der Waals surface area contributed by atoms with Gasteiger partial charge < -0.3 is 4.74 Å². The summed E-state index contributed by atoms with van der Waals surface area (Å²) in [6.07, 6.45) is -5.41. The van der Waals surface area contributed by atoms with Crippen LogP contribution in [-0.2, 0) is 26.9 Å². The van der Waals surface area contributed by atoms with Gasteiger partial charge in [0, 0.05) is 6.42 Å². The van der Waals surface area contributed by atoms with Crippen LogP contribution in [0.5, 0.6) is 0 Å². The number of ketones is 1. The van der Waals surface area contributed by atoms with Crippen molar-refractivity contribution in [2.24, 2.45) is 0 Å². The van der Waals surface area contributed by atoms with Crippen molar-refractivity contribution in [2.75, 3.05) is 6.61 Å². The molecule has 1 aromatic rings. The molecular weight excluding hydrogens is 268 g/mol. The lowest BCUT2D eigenvalue weighted by Gasteiger charge is -2.09. The largest absolute Gasteiger partial charge is 0.460 e. The summed E-state index contributed by atoms with van der Waals surface area (Å²) < 4.78 is 54.9. The number of esters is 1. The van der Waals surface area contributed by atoms with E-state index in [2.05, 4.69) is 4.74 Å². The SMILES string of the molecule is CCOC(=O)C(=O)Cc1cc(C(F)(F)F)ccc1F. The van der Waals surface area contributed by atoms with Gasteiger partial charge in [-0.1, -0.05) is 0 Å². The van der Waals surface area contributed by atoms with Gasteiger partial charge in [-0.05, 0) is 30.7 Å². The van der Waals surface area contributed by atoms with E-state index in [0.717, 1.165) is 0 Å². The molecule has 0 aliphatic rings. The van der Waals surface area contributed by atoms with Crippen LogP contribution in [0.25, 0.3) is 0 Å². The Kier molecular flexibility index (Phi) is 4.63. The number of Topliss-reactive ketones (excluding diaryl/α,β-unsaturated/α-hetero) is 1. The zero-order chi connectivity index (χ0) is 14.6. The third-order valence-electron chi connectivity index (χ3n) is 2.23. The molecule has 19 heavy (non-hydrogen) atoms. The Morgan fingerprint density at radius 3 is 2.42 bits per heavy atom. The van der Waals surface area contributed by atoms with Crippen LogP contribution in [0.2, 0.25) is 0 Å². The van der Waals surface area contributed by atoms with Gasteiger partial charge in [0.15, 0.2) is 0 Å². The molecule has 0 aliphatic heterocycles. The lowest BCUT2D eigenvalue weighted by molar-refractivity contribution is -0.153. The Bertz CT molecular complexity index is 494. The molecule has 0 unspecified atom stereocenters. The summed E-state index contributed by atoms with van der Waals surface area (Å²) >= 11 is 0. The molecule has 104 valence electrons. The third kappa shape index (κ3) is 4.04. The first-order chi connectivity index (χ1) is 8.75. The van der Waals surface area contributed by atoms with Gasteiger partial charge in [-0.25, -0.2) is 9.18 Å². The molecule has 0 fully saturated rings. The van der Waals surface area contributed by atoms with E-state index in [-0.39, 0.29) is 6.61 Å². The molecular formula is C12H10F4O3. The minimum atomic E-state index is -4.64. The number of halogens is 4. The highest BCUT2D eigenvalue weighted by molar-refractivity contribution is 6.34. The van der Waals surface area contributed by atoms with Crippen LogP contribution in [0.4, 0.5) is 17.6 Å². The second kappa shape index (κ2) is 5.81. The molecule has 0 amide bonds. The van der Waals surface area contributed by atoms with Crippen LogP contribution in [0, 0.1) is 5.82 Å². The van der Waals surface area contributed by atoms with Crippen molar-refractivity contribution < 1.29 is 31.9 Å². The Balaban J connectivity index is 2.95. The Morgan fingerprint density at radius 2 is 1.89 bits per heavy atom. The number of hydrogen-bond acceptors (Lipinski definition) is 3. The predicted octanol–water partition coefficient (Wildman–Crippen LogP) is 2.52. The first-order valence-corrected chi connectivity index (χ1v) is 5.31. The molecule has 0 aliphatic carbocycles. The fraction of sp³-hybridized carbons (Fsp3) is 0.333. The summed E-state index contributed by atoms with van der Waals surface area (Å²) in [7, 11) is 0. The highest BCUT2D eigenvalue weighted by atomic mass is 19.4. The number of carbonyl (C=O) groups is 2. The van der Waals surface area contributed by atoms with Crippen molar-refractivity contribution in [2.45, 2.75) is 19.5 Å². The number of carbonyl (C=O) groups excluding carboxylic acids is 2. The van der Waals surface area contributed by atoms with Crippen molar-refractivity contribution in [3.63, 3.8) is 0 Å². The number of benzene rings is 1. The summed E-state index contributed by atoms with van der Waals surface area (Å²) in [4.78, 5) is 22.3. The van der Waals surface area contributed by atoms with Crippen LogP contribution in [-0.4, -0.2) is 18.4 Å². The second-order valence-electron chi connectivity index (χ2n) is 3.62. The van der Waals surface area contributed by atoms with E-state index >= 15 is 0 Å². The van der Waals surface area contributed by atoms with Crippen molar-refractivity contribution in [1.82, 2.24) is 0 Å². The van der Waals surface area contributed by atoms with Crippen molar-refractivity contribution in [3.05, 3.63) is 35.1 Å². The van der Waals surface area contributed by atoms with Crippen LogP contribution < -0.4 is 0 Å². The Hall–Kier alpha value is -1.92. The van der Waals surface area contributed by atoms with Gasteiger partial charge in [-0.15, -0.1) is 0 Å². The van der Waals surface area contributed by atoms with E-state index in [4.69, 9.17) is 0 Å². The lowest BCUT2D eigenvalue weighted by Crippen LogP contribution is -2.20. The third-order valence-corrected chi connectivity index (χ3v) is 2.23. The van der Waals surface area contributed by atoms with E-state index < -0.39 is 41.3 Å². The van der Waals surface area contributed by atoms with Gasteiger partial charge in [0.25, 0.3) is 0 Å². The molecule has 0 saturated heterocycles. The topological polar surface area (TPSA) is 43.4 Å². The summed E-state index contributed by atoms with van der Waals surface area (Å²) in [5.74, 6) is -3.27. The minimum Gasteiger partial charge on any atom is -0.460 e. The zero-order valence-corrected chi connectivity index (χ0v) is 9.88. The Morgan fingerprint density at radius 1 is 1.26 bits per heavy atom. The van der Waals surface area contributed by atoms with Crippen molar-refractivity contribution in [3.8, 4) is 0 Å². The molecule has 7 heteroatoms. The number of rotatable bonds is 4. The predicted molar refractivity (Wildman–Crippen MR) is 56.7 cm³/mol. The van der Waals surface area contributed by atoms with Gasteiger partial charge in [-0.2, -0.15) is 13.2 Å². The molecule has 0 radical (unpaired) electrons. The number of alkyl halides is 3. The molecule has 0 spiro atoms. The number of ether oxygens (including phenoxy) is 1. The summed E-state index contributed by atoms with van der Waals surface area (Å²) in [6.45, 7) is 1.42. The van der Waals surface area contributed by atoms with Crippen molar-refractivity contribution in [1.29, 1.82) is 0 Å². The number of hydrogen-bond donors (Lipinski definition) is 0. The molecule has 1 aromatic carbocycles. The normalized spacial score (nSPS) is 11.2. The van der Waals surface area contributed by atoms with E-state index in [1.54, 1.807) is 0 Å². The summed E-state index contributed by atoms with van der Waals surface area (Å²) in [6, 6.07) is 1.68. The quantitative estimate of drug-likeness (QED) is 0.483. The minimum absolute atomic E-state index is 0.0460. The molecule has 0 aromatic heterocycles. The van der Waals surface area contributed by atoms with Gasteiger partial charge in [-0.3, -0.25) is 4.79 Å². The van der Waals surface area contributed by atoms with Gasteiger partial charge in [0.05, 0.1) is 12.2 Å². The average molecular weight is 278 g/mol. The molecule has 3 nitrogen and oxygen atoms in total. The van der Waals surface area contributed by atoms with Crippen molar-refractivity contribution >= 4 is 11.8 Å². The van der Waals surface area contributed by atoms with Gasteiger partial charge >= 0.3 is 12.1 Å². The maximum Gasteiger partial charge on any atom is 0.416 e. The van der Waals surface area contributed by atoms with E-state index in [0.29, 0.717) is 18.2 Å². The molecule has 0 heterocycles. The molecule has 0 bridgehead atoms. The first kappa shape index (κ1) is 15.1. The van der Waals surface area contributed by atoms with E-state index in [1.807, 2.05) is 0 Å². The lowest BCUT2D eigenvalue weighted by atomic mass is 10.0. The summed E-state index contributed by atoms with van der Waals surface area (Å²) in [5, 5.41) is 0. The fourth-order valence-electron chi connectivity index (χ4n) is 1.34. The highest BCUT2D eigenvalue weighted by Gasteiger charge is 2.31. The average Bonchev–Trinajstić information content (AvgIpc) is 2.30. The molecule has 0 saturated carbocycles. The molecule has 0 N–H and O–H groups in total. The molecule has 1 rings (SSSR count). The maximum atomic E-state index is 13.3. The van der Waals surface area contributed by atoms with Crippen LogP contribution >= 0.6 is 0 Å². The van der Waals surface area contributed by atoms with Crippen LogP contribution in [0.1, 0.15) is 18.1 Å². The second-order valence-corrected chi connectivity index (χ2v) is 3.62. The molecule has 0 atom stereocenters. The summed E-state index contributed by atoms with van der Waals surface area (Å²) in [5.41, 5.74) is -1.58. The highest BCUT2D eigenvalue weighted by Crippen LogP contribution is 2.30. The monoisotopic (exact) mass is 278 g/mol.